The number of ether oxygens (including phenoxy) is 1. The van der Waals surface area contributed by atoms with Gasteiger partial charge >= 0.3 is 5.97 Å². The second kappa shape index (κ2) is 5.80. The fraction of sp³-hybridized carbons (Fsp3) is 0. The number of phenolic OH excluding ortho intramolecular Hbond substituents is 1. The number of benzene rings is 2. The standard InChI is InChI=1S/C15H12O5S/c1-2-15(17)20-12-5-9-14(10-6-12)21(18,19)13-7-3-11(16)4-8-13/h2-10,16H,1H2. The molecule has 0 saturated carbocycles. The Bertz CT molecular complexity index is 759. The highest BCUT2D eigenvalue weighted by Gasteiger charge is 2.17. The van der Waals surface area contributed by atoms with Crippen LogP contribution in [-0.4, -0.2) is 19.5 Å². The Hall–Kier alpha value is -2.60. The van der Waals surface area contributed by atoms with Crippen molar-refractivity contribution in [2.45, 2.75) is 9.79 Å². The molecule has 0 radical (unpaired) electrons. The minimum atomic E-state index is -3.68. The van der Waals surface area contributed by atoms with Crippen LogP contribution in [0.25, 0.3) is 0 Å². The van der Waals surface area contributed by atoms with Crippen molar-refractivity contribution in [3.63, 3.8) is 0 Å². The fourth-order valence-electron chi connectivity index (χ4n) is 1.61. The topological polar surface area (TPSA) is 80.7 Å². The zero-order chi connectivity index (χ0) is 15.5. The zero-order valence-electron chi connectivity index (χ0n) is 10.9. The van der Waals surface area contributed by atoms with E-state index in [1.807, 2.05) is 0 Å². The Morgan fingerprint density at radius 2 is 1.48 bits per heavy atom. The van der Waals surface area contributed by atoms with E-state index in [1.54, 1.807) is 0 Å². The summed E-state index contributed by atoms with van der Waals surface area (Å²) < 4.78 is 29.5. The molecule has 0 aliphatic heterocycles. The minimum Gasteiger partial charge on any atom is -0.508 e. The van der Waals surface area contributed by atoms with Crippen molar-refractivity contribution in [3.05, 3.63) is 61.2 Å². The number of phenols is 1. The average molecular weight is 304 g/mol. The lowest BCUT2D eigenvalue weighted by atomic mass is 10.3. The van der Waals surface area contributed by atoms with Crippen molar-refractivity contribution in [1.82, 2.24) is 0 Å². The van der Waals surface area contributed by atoms with Crippen molar-refractivity contribution in [2.75, 3.05) is 0 Å². The Labute approximate surface area is 122 Å². The molecule has 0 saturated heterocycles. The molecule has 0 heterocycles. The maximum atomic E-state index is 12.3. The molecule has 2 aromatic carbocycles. The molecule has 0 aromatic heterocycles. The highest BCUT2D eigenvalue weighted by Crippen LogP contribution is 2.24. The Morgan fingerprint density at radius 1 is 1.00 bits per heavy atom. The molecule has 0 unspecified atom stereocenters. The van der Waals surface area contributed by atoms with Gasteiger partial charge in [-0.15, -0.1) is 0 Å². The predicted molar refractivity (Wildman–Crippen MR) is 75.8 cm³/mol. The highest BCUT2D eigenvalue weighted by molar-refractivity contribution is 7.91. The third-order valence-corrected chi connectivity index (χ3v) is 4.45. The number of carbonyl (C=O) groups excluding carboxylic acids is 1. The van der Waals surface area contributed by atoms with Gasteiger partial charge in [0.15, 0.2) is 0 Å². The normalized spacial score (nSPS) is 10.9. The first-order chi connectivity index (χ1) is 9.93. The van der Waals surface area contributed by atoms with Gasteiger partial charge in [0.25, 0.3) is 0 Å². The number of esters is 1. The summed E-state index contributed by atoms with van der Waals surface area (Å²) in [5.74, 6) is -0.408. The van der Waals surface area contributed by atoms with Crippen LogP contribution in [0, 0.1) is 0 Å². The summed E-state index contributed by atoms with van der Waals surface area (Å²) in [6.07, 6.45) is 1.01. The zero-order valence-corrected chi connectivity index (χ0v) is 11.7. The molecule has 108 valence electrons. The molecule has 21 heavy (non-hydrogen) atoms. The Kier molecular flexibility index (Phi) is 4.09. The first kappa shape index (κ1) is 14.8. The van der Waals surface area contributed by atoms with Gasteiger partial charge < -0.3 is 9.84 Å². The van der Waals surface area contributed by atoms with Gasteiger partial charge in [0.2, 0.25) is 9.84 Å². The van der Waals surface area contributed by atoms with Crippen LogP contribution < -0.4 is 4.74 Å². The molecule has 1 N–H and O–H groups in total. The maximum absolute atomic E-state index is 12.3. The van der Waals surface area contributed by atoms with Gasteiger partial charge in [-0.25, -0.2) is 13.2 Å². The van der Waals surface area contributed by atoms with Crippen LogP contribution in [0.2, 0.25) is 0 Å². The summed E-state index contributed by atoms with van der Waals surface area (Å²) >= 11 is 0. The van der Waals surface area contributed by atoms with E-state index in [2.05, 4.69) is 6.58 Å². The SMILES string of the molecule is C=CC(=O)Oc1ccc(S(=O)(=O)c2ccc(O)cc2)cc1. The van der Waals surface area contributed by atoms with Gasteiger partial charge in [0.05, 0.1) is 9.79 Å². The smallest absolute Gasteiger partial charge is 0.335 e. The Morgan fingerprint density at radius 3 is 1.95 bits per heavy atom. The van der Waals surface area contributed by atoms with Crippen LogP contribution in [0.3, 0.4) is 0 Å². The minimum absolute atomic E-state index is 0.0133. The monoisotopic (exact) mass is 304 g/mol. The van der Waals surface area contributed by atoms with Gasteiger partial charge in [-0.3, -0.25) is 0 Å². The van der Waals surface area contributed by atoms with Crippen molar-refractivity contribution in [2.24, 2.45) is 0 Å². The average Bonchev–Trinajstić information content (AvgIpc) is 2.48. The number of aromatic hydroxyl groups is 1. The number of sulfone groups is 1. The van der Waals surface area contributed by atoms with E-state index < -0.39 is 15.8 Å². The first-order valence-electron chi connectivity index (χ1n) is 5.92. The summed E-state index contributed by atoms with van der Waals surface area (Å²) in [6, 6.07) is 10.7. The molecule has 0 atom stereocenters. The molecule has 0 spiro atoms. The summed E-state index contributed by atoms with van der Waals surface area (Å²) in [5, 5.41) is 9.19. The molecule has 5 nitrogen and oxygen atoms in total. The van der Waals surface area contributed by atoms with Crippen LogP contribution in [0.5, 0.6) is 11.5 Å². The van der Waals surface area contributed by atoms with Gasteiger partial charge in [-0.05, 0) is 48.5 Å². The van der Waals surface area contributed by atoms with E-state index in [-0.39, 0.29) is 21.3 Å². The van der Waals surface area contributed by atoms with Crippen LogP contribution in [-0.2, 0) is 14.6 Å². The van der Waals surface area contributed by atoms with Crippen molar-refractivity contribution >= 4 is 15.8 Å². The lowest BCUT2D eigenvalue weighted by molar-refractivity contribution is -0.128. The highest BCUT2D eigenvalue weighted by atomic mass is 32.2. The summed E-state index contributed by atoms with van der Waals surface area (Å²) in [7, 11) is -3.68. The summed E-state index contributed by atoms with van der Waals surface area (Å²) in [5.41, 5.74) is 0. The molecule has 2 rings (SSSR count). The molecule has 2 aromatic rings. The molecule has 0 amide bonds. The van der Waals surface area contributed by atoms with Crippen LogP contribution >= 0.6 is 0 Å². The lowest BCUT2D eigenvalue weighted by Crippen LogP contribution is -2.04. The number of hydrogen-bond donors (Lipinski definition) is 1. The lowest BCUT2D eigenvalue weighted by Gasteiger charge is -2.06. The fourth-order valence-corrected chi connectivity index (χ4v) is 2.87. The molecule has 0 bridgehead atoms. The van der Waals surface area contributed by atoms with Gasteiger partial charge in [-0.1, -0.05) is 6.58 Å². The molecule has 0 fully saturated rings. The van der Waals surface area contributed by atoms with E-state index in [4.69, 9.17) is 4.74 Å². The third-order valence-electron chi connectivity index (χ3n) is 2.67. The van der Waals surface area contributed by atoms with Crippen molar-refractivity contribution in [1.29, 1.82) is 0 Å². The number of hydrogen-bond acceptors (Lipinski definition) is 5. The van der Waals surface area contributed by atoms with Crippen molar-refractivity contribution in [3.8, 4) is 11.5 Å². The molecule has 6 heteroatoms. The molecule has 0 aliphatic rings. The van der Waals surface area contributed by atoms with Gasteiger partial charge in [0, 0.05) is 6.08 Å². The predicted octanol–water partition coefficient (Wildman–Crippen LogP) is 2.32. The first-order valence-corrected chi connectivity index (χ1v) is 7.40. The van der Waals surface area contributed by atoms with Crippen molar-refractivity contribution < 1.29 is 23.1 Å². The summed E-state index contributed by atoms with van der Waals surface area (Å²) in [4.78, 5) is 11.2. The number of carbonyl (C=O) groups is 1. The Balaban J connectivity index is 2.31. The van der Waals surface area contributed by atoms with Crippen LogP contribution in [0.1, 0.15) is 0 Å². The maximum Gasteiger partial charge on any atom is 0.335 e. The molecular formula is C15H12O5S. The third kappa shape index (κ3) is 3.29. The second-order valence-electron chi connectivity index (χ2n) is 4.09. The van der Waals surface area contributed by atoms with E-state index in [1.165, 1.54) is 48.5 Å². The summed E-state index contributed by atoms with van der Waals surface area (Å²) in [6.45, 7) is 3.27. The van der Waals surface area contributed by atoms with E-state index in [0.29, 0.717) is 0 Å². The van der Waals surface area contributed by atoms with Crippen LogP contribution in [0.4, 0.5) is 0 Å². The largest absolute Gasteiger partial charge is 0.508 e. The van der Waals surface area contributed by atoms with E-state index in [9.17, 15) is 18.3 Å². The van der Waals surface area contributed by atoms with E-state index in [0.717, 1.165) is 6.08 Å². The van der Waals surface area contributed by atoms with Gasteiger partial charge in [-0.2, -0.15) is 0 Å². The van der Waals surface area contributed by atoms with E-state index >= 15 is 0 Å². The molecular weight excluding hydrogens is 292 g/mol. The second-order valence-corrected chi connectivity index (χ2v) is 6.04. The van der Waals surface area contributed by atoms with Crippen LogP contribution in [0.15, 0.2) is 71.0 Å². The molecule has 0 aliphatic carbocycles. The van der Waals surface area contributed by atoms with Gasteiger partial charge in [0.1, 0.15) is 11.5 Å². The quantitative estimate of drug-likeness (QED) is 0.532. The number of rotatable bonds is 4.